The maximum absolute atomic E-state index is 14.4. The fourth-order valence-electron chi connectivity index (χ4n) is 5.05. The van der Waals surface area contributed by atoms with Crippen LogP contribution in [-0.2, 0) is 6.42 Å². The molecule has 0 spiro atoms. The Labute approximate surface area is 190 Å². The zero-order valence-corrected chi connectivity index (χ0v) is 18.2. The molecule has 2 aromatic heterocycles. The number of fused-ring (bicyclic) bond motifs is 1. The maximum Gasteiger partial charge on any atom is 0.255 e. The van der Waals surface area contributed by atoms with E-state index >= 15 is 0 Å². The van der Waals surface area contributed by atoms with Crippen molar-refractivity contribution in [2.75, 3.05) is 38.7 Å². The lowest BCUT2D eigenvalue weighted by molar-refractivity contribution is 0.0516. The van der Waals surface area contributed by atoms with Gasteiger partial charge in [-0.15, -0.1) is 0 Å². The van der Waals surface area contributed by atoms with Gasteiger partial charge in [0.1, 0.15) is 5.75 Å². The van der Waals surface area contributed by atoms with E-state index in [-0.39, 0.29) is 17.7 Å². The largest absolute Gasteiger partial charge is 0.492 e. The molecule has 1 saturated heterocycles. The first-order valence-corrected chi connectivity index (χ1v) is 11.1. The number of carbonyl (C=O) groups is 1. The number of hydrogen-bond donors (Lipinski definition) is 3. The van der Waals surface area contributed by atoms with Gasteiger partial charge in [0.15, 0.2) is 11.6 Å². The van der Waals surface area contributed by atoms with Gasteiger partial charge in [-0.2, -0.15) is 0 Å². The van der Waals surface area contributed by atoms with E-state index in [2.05, 4.69) is 25.5 Å². The number of aromatic nitrogens is 2. The highest BCUT2D eigenvalue weighted by Gasteiger charge is 2.36. The van der Waals surface area contributed by atoms with Gasteiger partial charge in [0.05, 0.1) is 42.5 Å². The summed E-state index contributed by atoms with van der Waals surface area (Å²) in [6.07, 6.45) is 4.07. The number of nitrogens with one attached hydrogen (secondary N) is 3. The van der Waals surface area contributed by atoms with Gasteiger partial charge in [-0.3, -0.25) is 9.78 Å². The molecule has 1 amide bonds. The van der Waals surface area contributed by atoms with Crippen LogP contribution in [0.3, 0.4) is 0 Å². The molecule has 0 unspecified atom stereocenters. The standard InChI is InChI=1S/C24H24FN5O3/c1-32-23-16(25)3-2-4-17(23)28-22-20-18-7-14(27-24(20)31)11-30-9-13(10-30)12-33-19-8-26-6-5-15(19)21(22)29-18/h2-6,8,13-14,28-29H,7,9-12H2,1H3,(H,27,31)/t14-/m0/s1. The van der Waals surface area contributed by atoms with Gasteiger partial charge < -0.3 is 30.0 Å². The van der Waals surface area contributed by atoms with Gasteiger partial charge in [-0.05, 0) is 18.2 Å². The number of hydrogen-bond acceptors (Lipinski definition) is 6. The highest BCUT2D eigenvalue weighted by atomic mass is 19.1. The lowest BCUT2D eigenvalue weighted by Gasteiger charge is -2.41. The summed E-state index contributed by atoms with van der Waals surface area (Å²) in [6, 6.07) is 6.54. The molecule has 0 radical (unpaired) electrons. The Morgan fingerprint density at radius 2 is 2.15 bits per heavy atom. The monoisotopic (exact) mass is 449 g/mol. The number of H-pyrrole nitrogens is 1. The minimum atomic E-state index is -0.485. The van der Waals surface area contributed by atoms with E-state index in [4.69, 9.17) is 9.47 Å². The van der Waals surface area contributed by atoms with Crippen LogP contribution in [0.15, 0.2) is 36.7 Å². The smallest absolute Gasteiger partial charge is 0.255 e. The number of pyridine rings is 1. The van der Waals surface area contributed by atoms with Crippen molar-refractivity contribution in [1.82, 2.24) is 20.2 Å². The molecule has 4 aliphatic rings. The van der Waals surface area contributed by atoms with Gasteiger partial charge in [0, 0.05) is 55.5 Å². The maximum atomic E-state index is 14.4. The molecule has 8 nitrogen and oxygen atoms in total. The van der Waals surface area contributed by atoms with Crippen LogP contribution in [0.2, 0.25) is 0 Å². The van der Waals surface area contributed by atoms with Crippen molar-refractivity contribution < 1.29 is 18.7 Å². The first-order valence-electron chi connectivity index (χ1n) is 11.1. The van der Waals surface area contributed by atoms with Crippen molar-refractivity contribution in [3.8, 4) is 22.8 Å². The van der Waals surface area contributed by atoms with Gasteiger partial charge in [-0.1, -0.05) is 6.07 Å². The first-order chi connectivity index (χ1) is 16.1. The third-order valence-corrected chi connectivity index (χ3v) is 6.56. The van der Waals surface area contributed by atoms with Crippen LogP contribution in [0.1, 0.15) is 16.1 Å². The van der Waals surface area contributed by atoms with Gasteiger partial charge in [0.2, 0.25) is 0 Å². The van der Waals surface area contributed by atoms with E-state index in [1.807, 2.05) is 6.07 Å². The van der Waals surface area contributed by atoms with Crippen molar-refractivity contribution in [2.45, 2.75) is 12.5 Å². The topological polar surface area (TPSA) is 91.5 Å². The van der Waals surface area contributed by atoms with Gasteiger partial charge in [-0.25, -0.2) is 4.39 Å². The zero-order valence-electron chi connectivity index (χ0n) is 18.2. The van der Waals surface area contributed by atoms with Crippen LogP contribution in [0.4, 0.5) is 15.8 Å². The summed E-state index contributed by atoms with van der Waals surface area (Å²) in [5.74, 6) is 0.524. The summed E-state index contributed by atoms with van der Waals surface area (Å²) in [5, 5.41) is 6.43. The van der Waals surface area contributed by atoms with Crippen LogP contribution in [0, 0.1) is 11.7 Å². The number of methoxy groups -OCH3 is 1. The SMILES string of the molecule is COc1c(F)cccc1Nc1c2[nH]c3c1C(=O)N[C@@H](C3)CN1CC(COc3cnccc3-2)C1. The van der Waals surface area contributed by atoms with Crippen molar-refractivity contribution in [2.24, 2.45) is 5.92 Å². The predicted octanol–water partition coefficient (Wildman–Crippen LogP) is 2.95. The molecule has 7 rings (SSSR count). The molecule has 5 bridgehead atoms. The minimum absolute atomic E-state index is 0.0209. The summed E-state index contributed by atoms with van der Waals surface area (Å²) >= 11 is 0. The molecular weight excluding hydrogens is 425 g/mol. The lowest BCUT2D eigenvalue weighted by atomic mass is 9.96. The normalized spacial score (nSPS) is 23.1. The van der Waals surface area contributed by atoms with E-state index < -0.39 is 5.82 Å². The minimum Gasteiger partial charge on any atom is -0.492 e. The predicted molar refractivity (Wildman–Crippen MR) is 121 cm³/mol. The summed E-state index contributed by atoms with van der Waals surface area (Å²) in [7, 11) is 1.42. The molecule has 0 aliphatic carbocycles. The summed E-state index contributed by atoms with van der Waals surface area (Å²) in [5.41, 5.74) is 3.84. The molecule has 170 valence electrons. The van der Waals surface area contributed by atoms with E-state index in [0.717, 1.165) is 30.9 Å². The highest BCUT2D eigenvalue weighted by Crippen LogP contribution is 2.42. The molecule has 0 saturated carbocycles. The Kier molecular flexibility index (Phi) is 4.72. The quantitative estimate of drug-likeness (QED) is 0.570. The van der Waals surface area contributed by atoms with E-state index in [0.29, 0.717) is 47.3 Å². The average molecular weight is 449 g/mol. The Morgan fingerprint density at radius 1 is 1.27 bits per heavy atom. The van der Waals surface area contributed by atoms with Crippen LogP contribution < -0.4 is 20.1 Å². The van der Waals surface area contributed by atoms with Crippen molar-refractivity contribution in [1.29, 1.82) is 0 Å². The Morgan fingerprint density at radius 3 is 3.00 bits per heavy atom. The molecule has 3 aromatic rings. The molecule has 1 fully saturated rings. The second-order valence-corrected chi connectivity index (χ2v) is 8.82. The van der Waals surface area contributed by atoms with Gasteiger partial charge in [0.25, 0.3) is 5.91 Å². The second-order valence-electron chi connectivity index (χ2n) is 8.82. The number of carbonyl (C=O) groups excluding carboxylic acids is 1. The number of rotatable bonds is 3. The number of amides is 1. The highest BCUT2D eigenvalue weighted by molar-refractivity contribution is 6.07. The zero-order chi connectivity index (χ0) is 22.5. The number of para-hydroxylation sites is 1. The number of halogens is 1. The number of nitrogens with zero attached hydrogens (tertiary/aromatic N) is 2. The van der Waals surface area contributed by atoms with Crippen LogP contribution in [0.5, 0.6) is 11.5 Å². The van der Waals surface area contributed by atoms with E-state index in [1.165, 1.54) is 13.2 Å². The molecule has 9 heteroatoms. The van der Waals surface area contributed by atoms with Crippen LogP contribution in [0.25, 0.3) is 11.3 Å². The molecule has 4 aliphatic heterocycles. The number of ether oxygens (including phenoxy) is 2. The Balaban J connectivity index is 1.52. The third-order valence-electron chi connectivity index (χ3n) is 6.56. The number of anilines is 2. The molecule has 6 heterocycles. The molecule has 3 N–H and O–H groups in total. The second kappa shape index (κ2) is 7.77. The average Bonchev–Trinajstić information content (AvgIpc) is 3.14. The summed E-state index contributed by atoms with van der Waals surface area (Å²) < 4.78 is 25.8. The van der Waals surface area contributed by atoms with E-state index in [1.54, 1.807) is 24.5 Å². The fraction of sp³-hybridized carbons (Fsp3) is 0.333. The fourth-order valence-corrected chi connectivity index (χ4v) is 5.05. The number of aromatic amines is 1. The lowest BCUT2D eigenvalue weighted by Crippen LogP contribution is -2.56. The molecule has 33 heavy (non-hydrogen) atoms. The number of benzene rings is 1. The van der Waals surface area contributed by atoms with Crippen molar-refractivity contribution in [3.05, 3.63) is 53.7 Å². The van der Waals surface area contributed by atoms with Gasteiger partial charge >= 0.3 is 0 Å². The Hall–Kier alpha value is -3.59. The van der Waals surface area contributed by atoms with Crippen LogP contribution in [-0.4, -0.2) is 60.2 Å². The first kappa shape index (κ1) is 20.0. The summed E-state index contributed by atoms with van der Waals surface area (Å²) in [6.45, 7) is 3.31. The van der Waals surface area contributed by atoms with Crippen molar-refractivity contribution in [3.63, 3.8) is 0 Å². The third kappa shape index (κ3) is 3.39. The molecular formula is C24H24FN5O3. The summed E-state index contributed by atoms with van der Waals surface area (Å²) in [4.78, 5) is 23.3. The van der Waals surface area contributed by atoms with Crippen LogP contribution >= 0.6 is 0 Å². The van der Waals surface area contributed by atoms with E-state index in [9.17, 15) is 9.18 Å². The van der Waals surface area contributed by atoms with Crippen molar-refractivity contribution >= 4 is 17.3 Å². The molecule has 1 aromatic carbocycles. The Bertz CT molecular complexity index is 1240. The molecule has 1 atom stereocenters.